The van der Waals surface area contributed by atoms with Crippen LogP contribution in [0.25, 0.3) is 16.6 Å². The molecular formula is C26H27FN6O6. The Bertz CT molecular complexity index is 1600. The first kappa shape index (κ1) is 26.0. The zero-order valence-electron chi connectivity index (χ0n) is 21.2. The first-order chi connectivity index (χ1) is 18.5. The molecule has 1 aromatic heterocycles. The molecule has 3 atom stereocenters. The first-order valence-corrected chi connectivity index (χ1v) is 12.3. The molecule has 3 heterocycles. The molecule has 0 bridgehead atoms. The fourth-order valence-electron chi connectivity index (χ4n) is 4.93. The van der Waals surface area contributed by atoms with E-state index in [1.165, 1.54) is 24.6 Å². The molecule has 7 N–H and O–H groups in total. The number of carboxylic acid groups (broad SMARTS) is 1. The Labute approximate surface area is 221 Å². The molecule has 0 saturated carbocycles. The third-order valence-corrected chi connectivity index (χ3v) is 6.94. The lowest BCUT2D eigenvalue weighted by atomic mass is 10.0. The normalized spacial score (nSPS) is 17.2. The fraction of sp³-hybridized carbons (Fsp3) is 0.308. The standard InChI is InChI=1S/C26H27FN6O6/c1-11(28)24(35)30-12(2)25(36)31-13-7-8-32(9-13)21-18(27)19(29)17-20-23(21)39-16-6-4-3-5-15(16)33(20)10-14(22(17)34)26(37)38/h3-6,10-13H,7-9,28-29H2,1-2H3,(H,30,35)(H,31,36)(H,37,38)/t11-,12-,13?/m0/s1. The van der Waals surface area contributed by atoms with Gasteiger partial charge in [0, 0.05) is 25.3 Å². The number of amides is 2. The Balaban J connectivity index is 1.55. The molecule has 2 amide bonds. The molecule has 3 aromatic rings. The number of nitrogens with two attached hydrogens (primary N) is 2. The average Bonchev–Trinajstić information content (AvgIpc) is 3.34. The molecule has 1 unspecified atom stereocenters. The number of fused-ring (bicyclic) bond motifs is 2. The van der Waals surface area contributed by atoms with Crippen LogP contribution in [0.4, 0.5) is 15.8 Å². The molecule has 2 aromatic carbocycles. The van der Waals surface area contributed by atoms with Crippen LogP contribution >= 0.6 is 0 Å². The first-order valence-electron chi connectivity index (χ1n) is 12.3. The van der Waals surface area contributed by atoms with Gasteiger partial charge in [-0.1, -0.05) is 12.1 Å². The monoisotopic (exact) mass is 538 g/mol. The van der Waals surface area contributed by atoms with Gasteiger partial charge in [-0.2, -0.15) is 0 Å². The van der Waals surface area contributed by atoms with E-state index in [-0.39, 0.29) is 34.9 Å². The van der Waals surface area contributed by atoms with Crippen LogP contribution in [0.5, 0.6) is 11.5 Å². The van der Waals surface area contributed by atoms with E-state index in [0.717, 1.165) is 0 Å². The molecule has 2 aliphatic rings. The number of nitrogens with zero attached hydrogens (tertiary/aromatic N) is 2. The second-order valence-corrected chi connectivity index (χ2v) is 9.70. The summed E-state index contributed by atoms with van der Waals surface area (Å²) in [6.45, 7) is 3.55. The lowest BCUT2D eigenvalue weighted by molar-refractivity contribution is -0.129. The number of anilines is 2. The van der Waals surface area contributed by atoms with Crippen molar-refractivity contribution < 1.29 is 28.6 Å². The lowest BCUT2D eigenvalue weighted by Crippen LogP contribution is -2.51. The number of aromatic carboxylic acids is 1. The summed E-state index contributed by atoms with van der Waals surface area (Å²) in [5.74, 6) is -2.92. The van der Waals surface area contributed by atoms with Gasteiger partial charge in [-0.05, 0) is 32.4 Å². The molecule has 0 spiro atoms. The second kappa shape index (κ2) is 9.58. The van der Waals surface area contributed by atoms with E-state index in [2.05, 4.69) is 10.6 Å². The number of rotatable bonds is 6. The van der Waals surface area contributed by atoms with Crippen LogP contribution < -0.4 is 37.2 Å². The number of benzene rings is 2. The fourth-order valence-corrected chi connectivity index (χ4v) is 4.93. The number of para-hydroxylation sites is 2. The minimum Gasteiger partial charge on any atom is -0.477 e. The molecule has 39 heavy (non-hydrogen) atoms. The van der Waals surface area contributed by atoms with Crippen molar-refractivity contribution in [2.24, 2.45) is 5.73 Å². The molecule has 0 aliphatic carbocycles. The van der Waals surface area contributed by atoms with Crippen molar-refractivity contribution in [2.75, 3.05) is 23.7 Å². The molecule has 204 valence electrons. The number of carboxylic acids is 1. The highest BCUT2D eigenvalue weighted by Crippen LogP contribution is 2.49. The Morgan fingerprint density at radius 1 is 1.21 bits per heavy atom. The van der Waals surface area contributed by atoms with Gasteiger partial charge in [-0.3, -0.25) is 14.4 Å². The minimum atomic E-state index is -1.47. The van der Waals surface area contributed by atoms with Crippen LogP contribution in [0.15, 0.2) is 35.3 Å². The second-order valence-electron chi connectivity index (χ2n) is 9.70. The largest absolute Gasteiger partial charge is 0.477 e. The minimum absolute atomic E-state index is 0.000727. The lowest BCUT2D eigenvalue weighted by Gasteiger charge is -2.30. The quantitative estimate of drug-likeness (QED) is 0.224. The summed E-state index contributed by atoms with van der Waals surface area (Å²) >= 11 is 0. The number of ether oxygens (including phenoxy) is 1. The molecule has 1 fully saturated rings. The smallest absolute Gasteiger partial charge is 0.341 e. The third kappa shape index (κ3) is 4.30. The van der Waals surface area contributed by atoms with Crippen LogP contribution in [-0.2, 0) is 9.59 Å². The molecule has 13 heteroatoms. The topological polar surface area (TPSA) is 182 Å². The number of aromatic nitrogens is 1. The zero-order valence-corrected chi connectivity index (χ0v) is 21.2. The molecular weight excluding hydrogens is 511 g/mol. The van der Waals surface area contributed by atoms with E-state index in [0.29, 0.717) is 24.4 Å². The number of carbonyl (C=O) groups is 3. The molecule has 2 aliphatic heterocycles. The number of nitrogens with one attached hydrogen (secondary N) is 2. The van der Waals surface area contributed by atoms with Gasteiger partial charge in [-0.15, -0.1) is 0 Å². The van der Waals surface area contributed by atoms with Gasteiger partial charge in [0.25, 0.3) is 0 Å². The Morgan fingerprint density at radius 2 is 1.92 bits per heavy atom. The van der Waals surface area contributed by atoms with Crippen molar-refractivity contribution in [3.05, 3.63) is 52.1 Å². The van der Waals surface area contributed by atoms with E-state index in [1.807, 2.05) is 0 Å². The Kier molecular flexibility index (Phi) is 6.38. The predicted octanol–water partition coefficient (Wildman–Crippen LogP) is 1.06. The average molecular weight is 539 g/mol. The summed E-state index contributed by atoms with van der Waals surface area (Å²) < 4.78 is 23.5. The van der Waals surface area contributed by atoms with Gasteiger partial charge in [-0.25, -0.2) is 9.18 Å². The van der Waals surface area contributed by atoms with Gasteiger partial charge >= 0.3 is 5.97 Å². The summed E-state index contributed by atoms with van der Waals surface area (Å²) in [4.78, 5) is 51.1. The number of hydrogen-bond donors (Lipinski definition) is 5. The number of pyridine rings is 1. The maximum atomic E-state index is 15.9. The van der Waals surface area contributed by atoms with Crippen LogP contribution in [0.2, 0.25) is 0 Å². The molecule has 5 rings (SSSR count). The Hall–Kier alpha value is -4.65. The van der Waals surface area contributed by atoms with Crippen molar-refractivity contribution in [3.8, 4) is 17.2 Å². The molecule has 0 radical (unpaired) electrons. The van der Waals surface area contributed by atoms with Crippen molar-refractivity contribution in [2.45, 2.75) is 38.4 Å². The predicted molar refractivity (Wildman–Crippen MR) is 141 cm³/mol. The number of hydrogen-bond acceptors (Lipinski definition) is 8. The number of halogens is 1. The van der Waals surface area contributed by atoms with Gasteiger partial charge in [0.05, 0.1) is 22.8 Å². The van der Waals surface area contributed by atoms with Gasteiger partial charge in [0.1, 0.15) is 22.8 Å². The van der Waals surface area contributed by atoms with Gasteiger partial charge in [0.15, 0.2) is 17.3 Å². The highest BCUT2D eigenvalue weighted by Gasteiger charge is 2.36. The summed E-state index contributed by atoms with van der Waals surface area (Å²) in [5, 5.41) is 14.7. The van der Waals surface area contributed by atoms with E-state index in [1.54, 1.807) is 29.2 Å². The molecule has 1 saturated heterocycles. The van der Waals surface area contributed by atoms with Crippen LogP contribution in [0, 0.1) is 5.82 Å². The van der Waals surface area contributed by atoms with Crippen LogP contribution in [0.3, 0.4) is 0 Å². The maximum Gasteiger partial charge on any atom is 0.341 e. The number of nitrogen functional groups attached to an aromatic ring is 1. The van der Waals surface area contributed by atoms with E-state index < -0.39 is 52.4 Å². The number of carbonyl (C=O) groups excluding carboxylic acids is 2. The highest BCUT2D eigenvalue weighted by molar-refractivity contribution is 6.05. The van der Waals surface area contributed by atoms with Gasteiger partial charge in [0.2, 0.25) is 17.2 Å². The van der Waals surface area contributed by atoms with Gasteiger partial charge < -0.3 is 41.4 Å². The third-order valence-electron chi connectivity index (χ3n) is 6.94. The van der Waals surface area contributed by atoms with E-state index in [9.17, 15) is 24.3 Å². The SMILES string of the molecule is C[C@H](N)C(=O)N[C@@H](C)C(=O)NC1CCN(c2c(F)c(N)c3c(=O)c(C(=O)O)cn4c3c2Oc2ccccc2-4)C1. The van der Waals surface area contributed by atoms with Crippen molar-refractivity contribution in [3.63, 3.8) is 0 Å². The maximum absolute atomic E-state index is 15.9. The zero-order chi connectivity index (χ0) is 28.2. The van der Waals surface area contributed by atoms with E-state index in [4.69, 9.17) is 16.2 Å². The van der Waals surface area contributed by atoms with Crippen LogP contribution in [-0.4, -0.2) is 58.7 Å². The summed E-state index contributed by atoms with van der Waals surface area (Å²) in [6.07, 6.45) is 1.64. The summed E-state index contributed by atoms with van der Waals surface area (Å²) in [7, 11) is 0. The van der Waals surface area contributed by atoms with Crippen molar-refractivity contribution in [1.29, 1.82) is 0 Å². The van der Waals surface area contributed by atoms with E-state index >= 15 is 4.39 Å². The van der Waals surface area contributed by atoms with Crippen molar-refractivity contribution in [1.82, 2.24) is 15.2 Å². The summed E-state index contributed by atoms with van der Waals surface area (Å²) in [6, 6.07) is 4.77. The summed E-state index contributed by atoms with van der Waals surface area (Å²) in [5.41, 5.74) is 10.3. The highest BCUT2D eigenvalue weighted by atomic mass is 19.1. The van der Waals surface area contributed by atoms with Crippen molar-refractivity contribution >= 4 is 40.1 Å². The van der Waals surface area contributed by atoms with Crippen LogP contribution in [0.1, 0.15) is 30.6 Å². The Morgan fingerprint density at radius 3 is 2.62 bits per heavy atom. The molecule has 12 nitrogen and oxygen atoms in total.